The van der Waals surface area contributed by atoms with E-state index >= 15 is 0 Å². The first-order valence-corrected chi connectivity index (χ1v) is 7.43. The number of nitrogens with zero attached hydrogens (tertiary/aromatic N) is 3. The van der Waals surface area contributed by atoms with Crippen molar-refractivity contribution >= 4 is 11.8 Å². The normalized spacial score (nSPS) is 10.6. The molecule has 0 radical (unpaired) electrons. The van der Waals surface area contributed by atoms with E-state index < -0.39 is 0 Å². The van der Waals surface area contributed by atoms with Gasteiger partial charge in [-0.3, -0.25) is 4.68 Å². The molecule has 0 saturated heterocycles. The lowest BCUT2D eigenvalue weighted by Gasteiger charge is -2.10. The number of hydrogen-bond donors (Lipinski definition) is 1. The molecule has 0 aliphatic heterocycles. The Morgan fingerprint density at radius 2 is 1.96 bits per heavy atom. The van der Waals surface area contributed by atoms with E-state index in [-0.39, 0.29) is 5.97 Å². The van der Waals surface area contributed by atoms with Crippen molar-refractivity contribution in [2.75, 3.05) is 12.8 Å². The van der Waals surface area contributed by atoms with Crippen LogP contribution < -0.4 is 5.73 Å². The maximum atomic E-state index is 11.9. The lowest BCUT2D eigenvalue weighted by molar-refractivity contribution is 0.0600. The number of nitrogen functional groups attached to an aromatic ring is 1. The number of carbonyl (C=O) groups is 1. The zero-order valence-electron chi connectivity index (χ0n) is 13.8. The van der Waals surface area contributed by atoms with Gasteiger partial charge in [0, 0.05) is 36.1 Å². The summed E-state index contributed by atoms with van der Waals surface area (Å²) in [5.74, 6) is 0.0339. The van der Waals surface area contributed by atoms with Crippen molar-refractivity contribution in [2.45, 2.75) is 6.92 Å². The van der Waals surface area contributed by atoms with Gasteiger partial charge in [-0.25, -0.2) is 9.78 Å². The Kier molecular flexibility index (Phi) is 4.04. The molecule has 0 spiro atoms. The van der Waals surface area contributed by atoms with Crippen LogP contribution in [0, 0.1) is 6.92 Å². The van der Waals surface area contributed by atoms with Gasteiger partial charge in [-0.05, 0) is 30.2 Å². The summed E-state index contributed by atoms with van der Waals surface area (Å²) in [6.07, 6.45) is 5.39. The highest BCUT2D eigenvalue weighted by Gasteiger charge is 2.13. The van der Waals surface area contributed by atoms with Crippen LogP contribution in [0.1, 0.15) is 15.9 Å². The number of esters is 1. The number of benzene rings is 1. The van der Waals surface area contributed by atoms with Crippen LogP contribution in [0.15, 0.2) is 42.9 Å². The van der Waals surface area contributed by atoms with Crippen molar-refractivity contribution in [1.29, 1.82) is 0 Å². The van der Waals surface area contributed by atoms with Gasteiger partial charge in [0.2, 0.25) is 0 Å². The molecule has 0 atom stereocenters. The highest BCUT2D eigenvalue weighted by atomic mass is 16.5. The molecule has 2 N–H and O–H groups in total. The zero-order valence-corrected chi connectivity index (χ0v) is 13.8. The fraction of sp³-hybridized carbons (Fsp3) is 0.167. The maximum absolute atomic E-state index is 11.9. The second kappa shape index (κ2) is 6.16. The SMILES string of the molecule is COC(=O)c1cc(-c2cc(-c3cnn(C)c3)cnc2N)ccc1C. The summed E-state index contributed by atoms with van der Waals surface area (Å²) in [5.41, 5.74) is 10.9. The number of carbonyl (C=O) groups excluding carboxylic acids is 1. The third-order valence-electron chi connectivity index (χ3n) is 3.91. The van der Waals surface area contributed by atoms with Crippen molar-refractivity contribution in [3.63, 3.8) is 0 Å². The number of nitrogens with two attached hydrogens (primary N) is 1. The first-order valence-electron chi connectivity index (χ1n) is 7.43. The van der Waals surface area contributed by atoms with Gasteiger partial charge in [-0.2, -0.15) is 5.10 Å². The smallest absolute Gasteiger partial charge is 0.338 e. The third kappa shape index (κ3) is 2.86. The number of methoxy groups -OCH3 is 1. The lowest BCUT2D eigenvalue weighted by atomic mass is 9.98. The molecule has 24 heavy (non-hydrogen) atoms. The van der Waals surface area contributed by atoms with Crippen LogP contribution in [-0.4, -0.2) is 27.8 Å². The summed E-state index contributed by atoms with van der Waals surface area (Å²) in [5, 5.41) is 4.17. The quantitative estimate of drug-likeness (QED) is 0.750. The molecule has 1 aromatic carbocycles. The molecule has 0 aliphatic rings. The Morgan fingerprint density at radius 1 is 1.17 bits per heavy atom. The first-order chi connectivity index (χ1) is 11.5. The van der Waals surface area contributed by atoms with E-state index in [4.69, 9.17) is 10.5 Å². The van der Waals surface area contributed by atoms with Crippen molar-refractivity contribution in [2.24, 2.45) is 7.05 Å². The predicted molar refractivity (Wildman–Crippen MR) is 92.4 cm³/mol. The van der Waals surface area contributed by atoms with Crippen molar-refractivity contribution in [1.82, 2.24) is 14.8 Å². The largest absolute Gasteiger partial charge is 0.465 e. The minimum Gasteiger partial charge on any atom is -0.465 e. The molecule has 3 rings (SSSR count). The summed E-state index contributed by atoms with van der Waals surface area (Å²) in [7, 11) is 3.23. The second-order valence-corrected chi connectivity index (χ2v) is 5.58. The number of hydrogen-bond acceptors (Lipinski definition) is 5. The van der Waals surface area contributed by atoms with Gasteiger partial charge in [-0.15, -0.1) is 0 Å². The maximum Gasteiger partial charge on any atom is 0.338 e. The Labute approximate surface area is 139 Å². The van der Waals surface area contributed by atoms with Crippen LogP contribution in [-0.2, 0) is 11.8 Å². The number of aryl methyl sites for hydroxylation is 2. The number of rotatable bonds is 3. The van der Waals surface area contributed by atoms with Crippen molar-refractivity contribution in [3.05, 3.63) is 54.0 Å². The summed E-state index contributed by atoms with van der Waals surface area (Å²) in [6, 6.07) is 7.52. The third-order valence-corrected chi connectivity index (χ3v) is 3.91. The van der Waals surface area contributed by atoms with Crippen LogP contribution in [0.3, 0.4) is 0 Å². The fourth-order valence-corrected chi connectivity index (χ4v) is 2.55. The molecule has 6 nitrogen and oxygen atoms in total. The Hall–Kier alpha value is -3.15. The lowest BCUT2D eigenvalue weighted by Crippen LogP contribution is -2.04. The van der Waals surface area contributed by atoms with E-state index in [0.717, 1.165) is 27.8 Å². The molecule has 0 saturated carbocycles. The highest BCUT2D eigenvalue weighted by molar-refractivity contribution is 5.93. The highest BCUT2D eigenvalue weighted by Crippen LogP contribution is 2.30. The van der Waals surface area contributed by atoms with Gasteiger partial charge in [0.15, 0.2) is 0 Å². The van der Waals surface area contributed by atoms with Crippen LogP contribution >= 0.6 is 0 Å². The summed E-state index contributed by atoms with van der Waals surface area (Å²) in [6.45, 7) is 1.86. The molecule has 0 amide bonds. The van der Waals surface area contributed by atoms with Gasteiger partial charge < -0.3 is 10.5 Å². The molecule has 122 valence electrons. The topological polar surface area (TPSA) is 83.0 Å². The van der Waals surface area contributed by atoms with Crippen molar-refractivity contribution in [3.8, 4) is 22.3 Å². The molecular weight excluding hydrogens is 304 g/mol. The molecule has 3 aromatic rings. The average molecular weight is 322 g/mol. The molecule has 6 heteroatoms. The summed E-state index contributed by atoms with van der Waals surface area (Å²) >= 11 is 0. The molecule has 0 unspecified atom stereocenters. The van der Waals surface area contributed by atoms with E-state index in [2.05, 4.69) is 10.1 Å². The number of ether oxygens (including phenoxy) is 1. The summed E-state index contributed by atoms with van der Waals surface area (Å²) < 4.78 is 6.57. The van der Waals surface area contributed by atoms with Gasteiger partial charge in [0.1, 0.15) is 5.82 Å². The van der Waals surface area contributed by atoms with Gasteiger partial charge in [0.25, 0.3) is 0 Å². The number of anilines is 1. The average Bonchev–Trinajstić information content (AvgIpc) is 3.01. The predicted octanol–water partition coefficient (Wildman–Crippen LogP) is 2.83. The molecule has 0 bridgehead atoms. The van der Waals surface area contributed by atoms with E-state index in [0.29, 0.717) is 11.4 Å². The number of pyridine rings is 1. The molecule has 0 fully saturated rings. The van der Waals surface area contributed by atoms with Crippen LogP contribution in [0.25, 0.3) is 22.3 Å². The Bertz CT molecular complexity index is 915. The first kappa shape index (κ1) is 15.7. The number of aromatic nitrogens is 3. The van der Waals surface area contributed by atoms with E-state index in [9.17, 15) is 4.79 Å². The fourth-order valence-electron chi connectivity index (χ4n) is 2.55. The molecule has 2 aromatic heterocycles. The molecule has 2 heterocycles. The van der Waals surface area contributed by atoms with Gasteiger partial charge >= 0.3 is 5.97 Å². The van der Waals surface area contributed by atoms with Crippen LogP contribution in [0.5, 0.6) is 0 Å². The van der Waals surface area contributed by atoms with E-state index in [1.807, 2.05) is 38.4 Å². The van der Waals surface area contributed by atoms with Crippen LogP contribution in [0.4, 0.5) is 5.82 Å². The zero-order chi connectivity index (χ0) is 17.3. The minimum atomic E-state index is -0.371. The van der Waals surface area contributed by atoms with E-state index in [1.54, 1.807) is 23.1 Å². The van der Waals surface area contributed by atoms with E-state index in [1.165, 1.54) is 7.11 Å². The minimum absolute atomic E-state index is 0.371. The Morgan fingerprint density at radius 3 is 2.62 bits per heavy atom. The van der Waals surface area contributed by atoms with Gasteiger partial charge in [0.05, 0.1) is 18.9 Å². The Balaban J connectivity index is 2.11. The summed E-state index contributed by atoms with van der Waals surface area (Å²) in [4.78, 5) is 16.2. The standard InChI is InChI=1S/C18H18N4O2/c1-11-4-5-12(6-15(11)18(23)24-3)16-7-13(8-20-17(16)19)14-9-21-22(2)10-14/h4-10H,1-3H3,(H2,19,20). The van der Waals surface area contributed by atoms with Crippen molar-refractivity contribution < 1.29 is 9.53 Å². The van der Waals surface area contributed by atoms with Crippen LogP contribution in [0.2, 0.25) is 0 Å². The second-order valence-electron chi connectivity index (χ2n) is 5.58. The van der Waals surface area contributed by atoms with Gasteiger partial charge in [-0.1, -0.05) is 12.1 Å². The monoisotopic (exact) mass is 322 g/mol. The molecule has 0 aliphatic carbocycles. The molecular formula is C18H18N4O2.